The molecule has 0 aliphatic carbocycles. The van der Waals surface area contributed by atoms with Gasteiger partial charge in [-0.2, -0.15) is 0 Å². The van der Waals surface area contributed by atoms with E-state index in [1.807, 2.05) is 22.8 Å². The van der Waals surface area contributed by atoms with Gasteiger partial charge in [-0.05, 0) is 23.8 Å². The number of halogens is 1. The van der Waals surface area contributed by atoms with E-state index in [2.05, 4.69) is 20.8 Å². The molecule has 0 saturated carbocycles. The van der Waals surface area contributed by atoms with Gasteiger partial charge in [0.1, 0.15) is 12.4 Å². The van der Waals surface area contributed by atoms with Gasteiger partial charge < -0.3 is 19.9 Å². The Bertz CT molecular complexity index is 703. The van der Waals surface area contributed by atoms with Gasteiger partial charge >= 0.3 is 0 Å². The number of carbonyl (C=O) groups is 1. The molecule has 0 fully saturated rings. The number of amides is 1. The van der Waals surface area contributed by atoms with Gasteiger partial charge in [0, 0.05) is 30.8 Å². The SMILES string of the molecule is COCCn1cnnc1CNC(=O)[C@@H]1Cc2cc(Cl)ccc2N1. The Hall–Kier alpha value is -2.12. The minimum Gasteiger partial charge on any atom is -0.383 e. The van der Waals surface area contributed by atoms with E-state index < -0.39 is 0 Å². The van der Waals surface area contributed by atoms with E-state index in [9.17, 15) is 4.79 Å². The molecule has 8 heteroatoms. The normalized spacial score (nSPS) is 16.0. The summed E-state index contributed by atoms with van der Waals surface area (Å²) in [6.45, 7) is 1.55. The molecule has 2 aromatic rings. The van der Waals surface area contributed by atoms with Crippen LogP contribution in [-0.2, 0) is 29.0 Å². The molecule has 0 saturated heterocycles. The Morgan fingerprint density at radius 3 is 3.26 bits per heavy atom. The molecule has 1 aromatic heterocycles. The minimum absolute atomic E-state index is 0.0707. The maximum atomic E-state index is 12.3. The second-order valence-corrected chi connectivity index (χ2v) is 5.79. The summed E-state index contributed by atoms with van der Waals surface area (Å²) in [5.74, 6) is 0.632. The molecule has 0 unspecified atom stereocenters. The van der Waals surface area contributed by atoms with Crippen molar-refractivity contribution in [3.05, 3.63) is 40.9 Å². The fourth-order valence-electron chi connectivity index (χ4n) is 2.57. The Kier molecular flexibility index (Phi) is 4.78. The van der Waals surface area contributed by atoms with E-state index in [0.717, 1.165) is 11.3 Å². The second-order valence-electron chi connectivity index (χ2n) is 5.35. The summed E-state index contributed by atoms with van der Waals surface area (Å²) in [6.07, 6.45) is 2.25. The third-order valence-electron chi connectivity index (χ3n) is 3.79. The van der Waals surface area contributed by atoms with Crippen molar-refractivity contribution in [3.63, 3.8) is 0 Å². The number of nitrogens with one attached hydrogen (secondary N) is 2. The zero-order chi connectivity index (χ0) is 16.2. The quantitative estimate of drug-likeness (QED) is 0.830. The zero-order valence-electron chi connectivity index (χ0n) is 12.8. The molecule has 1 aliphatic rings. The molecular weight excluding hydrogens is 318 g/mol. The van der Waals surface area contributed by atoms with Crippen LogP contribution in [0.3, 0.4) is 0 Å². The molecule has 0 spiro atoms. The molecular formula is C15H18ClN5O2. The molecule has 3 rings (SSSR count). The first kappa shape index (κ1) is 15.8. The molecule has 122 valence electrons. The number of carbonyl (C=O) groups excluding carboxylic acids is 1. The predicted molar refractivity (Wildman–Crippen MR) is 86.3 cm³/mol. The molecule has 7 nitrogen and oxygen atoms in total. The molecule has 1 atom stereocenters. The maximum Gasteiger partial charge on any atom is 0.243 e. The van der Waals surface area contributed by atoms with Gasteiger partial charge in [0.2, 0.25) is 5.91 Å². The van der Waals surface area contributed by atoms with Crippen molar-refractivity contribution in [1.29, 1.82) is 0 Å². The molecule has 1 aliphatic heterocycles. The van der Waals surface area contributed by atoms with Crippen molar-refractivity contribution in [2.45, 2.75) is 25.6 Å². The Balaban J connectivity index is 1.56. The number of anilines is 1. The number of hydrogen-bond donors (Lipinski definition) is 2. The first-order valence-corrected chi connectivity index (χ1v) is 7.73. The van der Waals surface area contributed by atoms with Gasteiger partial charge in [0.25, 0.3) is 0 Å². The third-order valence-corrected chi connectivity index (χ3v) is 4.03. The van der Waals surface area contributed by atoms with E-state index in [1.54, 1.807) is 13.4 Å². The van der Waals surface area contributed by atoms with E-state index in [-0.39, 0.29) is 11.9 Å². The second kappa shape index (κ2) is 6.97. The maximum absolute atomic E-state index is 12.3. The van der Waals surface area contributed by atoms with Crippen LogP contribution in [0.4, 0.5) is 5.69 Å². The lowest BCUT2D eigenvalue weighted by molar-refractivity contribution is -0.121. The van der Waals surface area contributed by atoms with Crippen molar-refractivity contribution < 1.29 is 9.53 Å². The zero-order valence-corrected chi connectivity index (χ0v) is 13.5. The van der Waals surface area contributed by atoms with Crippen molar-refractivity contribution in [1.82, 2.24) is 20.1 Å². The van der Waals surface area contributed by atoms with Crippen molar-refractivity contribution in [3.8, 4) is 0 Å². The van der Waals surface area contributed by atoms with E-state index >= 15 is 0 Å². The first-order chi connectivity index (χ1) is 11.2. The molecule has 2 heterocycles. The summed E-state index contributed by atoms with van der Waals surface area (Å²) >= 11 is 5.98. The number of hydrogen-bond acceptors (Lipinski definition) is 5. The highest BCUT2D eigenvalue weighted by molar-refractivity contribution is 6.30. The minimum atomic E-state index is -0.293. The monoisotopic (exact) mass is 335 g/mol. The van der Waals surface area contributed by atoms with Crippen LogP contribution in [0, 0.1) is 0 Å². The van der Waals surface area contributed by atoms with Crippen LogP contribution in [0.2, 0.25) is 5.02 Å². The van der Waals surface area contributed by atoms with Gasteiger partial charge in [-0.3, -0.25) is 4.79 Å². The van der Waals surface area contributed by atoms with Crippen LogP contribution in [0.15, 0.2) is 24.5 Å². The van der Waals surface area contributed by atoms with E-state index in [0.29, 0.717) is 37.0 Å². The van der Waals surface area contributed by atoms with Crippen LogP contribution >= 0.6 is 11.6 Å². The molecule has 0 radical (unpaired) electrons. The first-order valence-electron chi connectivity index (χ1n) is 7.35. The van der Waals surface area contributed by atoms with E-state index in [1.165, 1.54) is 0 Å². The van der Waals surface area contributed by atoms with Gasteiger partial charge in [-0.1, -0.05) is 11.6 Å². The van der Waals surface area contributed by atoms with Gasteiger partial charge in [0.15, 0.2) is 5.82 Å². The Morgan fingerprint density at radius 1 is 1.57 bits per heavy atom. The van der Waals surface area contributed by atoms with Crippen molar-refractivity contribution in [2.24, 2.45) is 0 Å². The smallest absolute Gasteiger partial charge is 0.243 e. The van der Waals surface area contributed by atoms with Crippen molar-refractivity contribution in [2.75, 3.05) is 19.0 Å². The fraction of sp³-hybridized carbons (Fsp3) is 0.400. The molecule has 1 aromatic carbocycles. The summed E-state index contributed by atoms with van der Waals surface area (Å²) in [5.41, 5.74) is 2.01. The summed E-state index contributed by atoms with van der Waals surface area (Å²) in [6, 6.07) is 5.30. The number of ether oxygens (including phenoxy) is 1. The van der Waals surface area contributed by atoms with Gasteiger partial charge in [-0.15, -0.1) is 10.2 Å². The van der Waals surface area contributed by atoms with Crippen LogP contribution in [0.25, 0.3) is 0 Å². The van der Waals surface area contributed by atoms with Gasteiger partial charge in [0.05, 0.1) is 13.2 Å². The molecule has 0 bridgehead atoms. The molecule has 1 amide bonds. The number of benzene rings is 1. The average Bonchev–Trinajstić information content (AvgIpc) is 3.16. The topological polar surface area (TPSA) is 81.1 Å². The number of aromatic nitrogens is 3. The lowest BCUT2D eigenvalue weighted by atomic mass is 10.1. The molecule has 23 heavy (non-hydrogen) atoms. The van der Waals surface area contributed by atoms with Crippen LogP contribution in [-0.4, -0.2) is 40.4 Å². The molecule has 2 N–H and O–H groups in total. The summed E-state index contributed by atoms with van der Waals surface area (Å²) < 4.78 is 6.90. The standard InChI is InChI=1S/C15H18ClN5O2/c1-23-5-4-21-9-18-20-14(21)8-17-15(22)13-7-10-6-11(16)2-3-12(10)19-13/h2-3,6,9,13,19H,4-5,7-8H2,1H3,(H,17,22)/t13-/m0/s1. The number of rotatable bonds is 6. The third kappa shape index (κ3) is 3.62. The highest BCUT2D eigenvalue weighted by atomic mass is 35.5. The van der Waals surface area contributed by atoms with Crippen molar-refractivity contribution >= 4 is 23.2 Å². The highest BCUT2D eigenvalue weighted by Gasteiger charge is 2.26. The average molecular weight is 336 g/mol. The van der Waals surface area contributed by atoms with Crippen LogP contribution < -0.4 is 10.6 Å². The lowest BCUT2D eigenvalue weighted by Gasteiger charge is -2.12. The summed E-state index contributed by atoms with van der Waals surface area (Å²) in [5, 5.41) is 14.7. The highest BCUT2D eigenvalue weighted by Crippen LogP contribution is 2.28. The summed E-state index contributed by atoms with van der Waals surface area (Å²) in [7, 11) is 1.64. The van der Waals surface area contributed by atoms with Crippen LogP contribution in [0.1, 0.15) is 11.4 Å². The fourth-order valence-corrected chi connectivity index (χ4v) is 2.77. The lowest BCUT2D eigenvalue weighted by Crippen LogP contribution is -2.38. The van der Waals surface area contributed by atoms with Crippen LogP contribution in [0.5, 0.6) is 0 Å². The van der Waals surface area contributed by atoms with E-state index in [4.69, 9.17) is 16.3 Å². The number of nitrogens with zero attached hydrogens (tertiary/aromatic N) is 3. The predicted octanol–water partition coefficient (Wildman–Crippen LogP) is 1.23. The number of methoxy groups -OCH3 is 1. The Labute approximate surface area is 139 Å². The largest absolute Gasteiger partial charge is 0.383 e. The summed E-state index contributed by atoms with van der Waals surface area (Å²) in [4.78, 5) is 12.3. The Morgan fingerprint density at radius 2 is 2.43 bits per heavy atom. The number of fused-ring (bicyclic) bond motifs is 1. The van der Waals surface area contributed by atoms with Gasteiger partial charge in [-0.25, -0.2) is 0 Å².